The molecule has 20 heavy (non-hydrogen) atoms. The lowest BCUT2D eigenvalue weighted by molar-refractivity contribution is 0.541. The molecule has 0 aliphatic carbocycles. The van der Waals surface area contributed by atoms with Crippen LogP contribution >= 0.6 is 0 Å². The lowest BCUT2D eigenvalue weighted by Crippen LogP contribution is -1.96. The van der Waals surface area contributed by atoms with Crippen LogP contribution in [-0.4, -0.2) is 10.7 Å². The Morgan fingerprint density at radius 1 is 1.20 bits per heavy atom. The molecule has 2 rings (SSSR count). The molecule has 0 spiro atoms. The van der Waals surface area contributed by atoms with E-state index < -0.39 is 0 Å². The summed E-state index contributed by atoms with van der Waals surface area (Å²) in [6, 6.07) is 10.5. The summed E-state index contributed by atoms with van der Waals surface area (Å²) < 4.78 is 5.53. The predicted octanol–water partition coefficient (Wildman–Crippen LogP) is 2.77. The van der Waals surface area contributed by atoms with Gasteiger partial charge in [-0.25, -0.2) is 4.98 Å². The summed E-state index contributed by atoms with van der Waals surface area (Å²) in [4.78, 5) is 4.31. The molecule has 0 aliphatic heterocycles. The molecule has 6 heteroatoms. The van der Waals surface area contributed by atoms with E-state index in [9.17, 15) is 0 Å². The van der Waals surface area contributed by atoms with Gasteiger partial charge in [0.05, 0.1) is 11.4 Å². The van der Waals surface area contributed by atoms with Crippen molar-refractivity contribution >= 4 is 11.4 Å². The fraction of sp³-hybridized carbons (Fsp3) is 0.143. The van der Waals surface area contributed by atoms with Crippen LogP contribution in [0.4, 0.5) is 5.69 Å². The Balaban J connectivity index is 2.17. The lowest BCUT2D eigenvalue weighted by Gasteiger charge is -2.00. The van der Waals surface area contributed by atoms with Gasteiger partial charge in [-0.05, 0) is 38.1 Å². The third-order valence-electron chi connectivity index (χ3n) is 2.67. The lowest BCUT2D eigenvalue weighted by atomic mass is 10.2. The molecular formula is C14H11N5O. The zero-order chi connectivity index (χ0) is 14.5. The first-order valence-electron chi connectivity index (χ1n) is 5.82. The maximum Gasteiger partial charge on any atom is 0.237 e. The largest absolute Gasteiger partial charge is 0.441 e. The van der Waals surface area contributed by atoms with Gasteiger partial charge >= 0.3 is 0 Å². The number of aryl methyl sites for hydroxylation is 2. The summed E-state index contributed by atoms with van der Waals surface area (Å²) in [5.74, 6) is 1.35. The summed E-state index contributed by atoms with van der Waals surface area (Å²) in [7, 11) is 0. The molecule has 0 unspecified atom stereocenters. The maximum atomic E-state index is 8.56. The Bertz CT molecular complexity index is 693. The molecule has 1 aromatic heterocycles. The van der Waals surface area contributed by atoms with E-state index in [1.807, 2.05) is 26.0 Å². The van der Waals surface area contributed by atoms with Gasteiger partial charge in [-0.3, -0.25) is 5.43 Å². The first-order chi connectivity index (χ1) is 9.63. The van der Waals surface area contributed by atoms with Crippen molar-refractivity contribution in [1.29, 1.82) is 10.5 Å². The number of hydrogen-bond acceptors (Lipinski definition) is 6. The van der Waals surface area contributed by atoms with E-state index in [1.165, 1.54) is 0 Å². The molecule has 0 saturated carbocycles. The van der Waals surface area contributed by atoms with Gasteiger partial charge in [0.1, 0.15) is 17.9 Å². The van der Waals surface area contributed by atoms with E-state index in [2.05, 4.69) is 15.5 Å². The number of benzene rings is 1. The van der Waals surface area contributed by atoms with Crippen LogP contribution < -0.4 is 5.43 Å². The van der Waals surface area contributed by atoms with Gasteiger partial charge in [0.25, 0.3) is 0 Å². The van der Waals surface area contributed by atoms with Crippen molar-refractivity contribution in [1.82, 2.24) is 4.98 Å². The van der Waals surface area contributed by atoms with Crippen molar-refractivity contribution in [2.24, 2.45) is 5.10 Å². The first-order valence-corrected chi connectivity index (χ1v) is 5.82. The standard InChI is InChI=1S/C14H11N5O/c1-9-10(2)20-14(17-9)11-3-5-12(6-4-11)18-19-13(7-15)8-16/h3-6,18H,1-2H3. The highest BCUT2D eigenvalue weighted by atomic mass is 16.4. The number of nitrogens with zero attached hydrogens (tertiary/aromatic N) is 4. The zero-order valence-corrected chi connectivity index (χ0v) is 11.0. The molecule has 1 N–H and O–H groups in total. The normalized spacial score (nSPS) is 9.40. The third-order valence-corrected chi connectivity index (χ3v) is 2.67. The van der Waals surface area contributed by atoms with Crippen LogP contribution in [0.5, 0.6) is 0 Å². The number of oxazole rings is 1. The molecular weight excluding hydrogens is 254 g/mol. The molecule has 0 radical (unpaired) electrons. The van der Waals surface area contributed by atoms with Gasteiger partial charge in [-0.1, -0.05) is 0 Å². The quantitative estimate of drug-likeness (QED) is 0.679. The smallest absolute Gasteiger partial charge is 0.237 e. The topological polar surface area (TPSA) is 98.0 Å². The van der Waals surface area contributed by atoms with Gasteiger partial charge in [0, 0.05) is 5.56 Å². The molecule has 6 nitrogen and oxygen atoms in total. The third kappa shape index (κ3) is 2.82. The molecule has 0 atom stereocenters. The number of nitrogens with one attached hydrogen (secondary N) is 1. The summed E-state index contributed by atoms with van der Waals surface area (Å²) in [5.41, 5.74) is 4.77. The molecule has 1 aromatic carbocycles. The molecule has 0 bridgehead atoms. The molecule has 0 saturated heterocycles. The van der Waals surface area contributed by atoms with Crippen molar-refractivity contribution in [2.45, 2.75) is 13.8 Å². The SMILES string of the molecule is Cc1nc(-c2ccc(NN=C(C#N)C#N)cc2)oc1C. The van der Waals surface area contributed by atoms with Crippen LogP contribution in [0.25, 0.3) is 11.5 Å². The number of aromatic nitrogens is 1. The fourth-order valence-corrected chi connectivity index (χ4v) is 1.48. The second kappa shape index (κ2) is 5.68. The van der Waals surface area contributed by atoms with Crippen LogP contribution in [0.2, 0.25) is 0 Å². The van der Waals surface area contributed by atoms with Crippen LogP contribution in [-0.2, 0) is 0 Å². The number of rotatable bonds is 3. The number of hydrazone groups is 1. The van der Waals surface area contributed by atoms with E-state index in [0.717, 1.165) is 17.0 Å². The van der Waals surface area contributed by atoms with Gasteiger partial charge in [0.2, 0.25) is 11.6 Å². The fourth-order valence-electron chi connectivity index (χ4n) is 1.48. The highest BCUT2D eigenvalue weighted by Crippen LogP contribution is 2.22. The Morgan fingerprint density at radius 2 is 1.85 bits per heavy atom. The second-order valence-electron chi connectivity index (χ2n) is 4.03. The number of nitriles is 2. The van der Waals surface area contributed by atoms with Crippen molar-refractivity contribution in [2.75, 3.05) is 5.43 Å². The highest BCUT2D eigenvalue weighted by molar-refractivity contribution is 6.10. The van der Waals surface area contributed by atoms with E-state index in [1.54, 1.807) is 24.3 Å². The van der Waals surface area contributed by atoms with E-state index in [0.29, 0.717) is 11.6 Å². The molecule has 0 amide bonds. The minimum Gasteiger partial charge on any atom is -0.441 e. The minimum atomic E-state index is -0.229. The van der Waals surface area contributed by atoms with Crippen LogP contribution in [0.1, 0.15) is 11.5 Å². The molecule has 0 fully saturated rings. The van der Waals surface area contributed by atoms with Crippen LogP contribution in [0.3, 0.4) is 0 Å². The predicted molar refractivity (Wildman–Crippen MR) is 73.7 cm³/mol. The van der Waals surface area contributed by atoms with Gasteiger partial charge in [0.15, 0.2) is 0 Å². The summed E-state index contributed by atoms with van der Waals surface area (Å²) in [6.45, 7) is 3.75. The second-order valence-corrected chi connectivity index (χ2v) is 4.03. The van der Waals surface area contributed by atoms with Crippen molar-refractivity contribution in [3.63, 3.8) is 0 Å². The minimum absolute atomic E-state index is 0.229. The van der Waals surface area contributed by atoms with Gasteiger partial charge < -0.3 is 4.42 Å². The van der Waals surface area contributed by atoms with Crippen LogP contribution in [0.15, 0.2) is 33.8 Å². The van der Waals surface area contributed by atoms with E-state index in [4.69, 9.17) is 14.9 Å². The van der Waals surface area contributed by atoms with Gasteiger partial charge in [-0.15, -0.1) is 0 Å². The maximum absolute atomic E-state index is 8.56. The van der Waals surface area contributed by atoms with Gasteiger partial charge in [-0.2, -0.15) is 15.6 Å². The number of anilines is 1. The van der Waals surface area contributed by atoms with Crippen molar-refractivity contribution in [3.05, 3.63) is 35.7 Å². The Morgan fingerprint density at radius 3 is 2.35 bits per heavy atom. The molecule has 2 aromatic rings. The summed E-state index contributed by atoms with van der Waals surface area (Å²) in [5, 5.41) is 20.8. The van der Waals surface area contributed by atoms with E-state index in [-0.39, 0.29) is 5.71 Å². The highest BCUT2D eigenvalue weighted by Gasteiger charge is 2.07. The average Bonchev–Trinajstić information content (AvgIpc) is 2.80. The van der Waals surface area contributed by atoms with E-state index >= 15 is 0 Å². The summed E-state index contributed by atoms with van der Waals surface area (Å²) in [6.07, 6.45) is 0. The van der Waals surface area contributed by atoms with Crippen molar-refractivity contribution in [3.8, 4) is 23.6 Å². The molecule has 98 valence electrons. The molecule has 1 heterocycles. The number of hydrogen-bond donors (Lipinski definition) is 1. The first kappa shape index (κ1) is 13.3. The Kier molecular flexibility index (Phi) is 3.78. The average molecular weight is 265 g/mol. The van der Waals surface area contributed by atoms with Crippen molar-refractivity contribution < 1.29 is 4.42 Å². The molecule has 0 aliphatic rings. The van der Waals surface area contributed by atoms with Crippen LogP contribution in [0, 0.1) is 36.5 Å². The zero-order valence-electron chi connectivity index (χ0n) is 11.0. The monoisotopic (exact) mass is 265 g/mol. The summed E-state index contributed by atoms with van der Waals surface area (Å²) >= 11 is 0. The Hall–Kier alpha value is -3.12. The Labute approximate surface area is 116 Å².